The monoisotopic (exact) mass is 248 g/mol. The van der Waals surface area contributed by atoms with Crippen LogP contribution in [0.5, 0.6) is 0 Å². The van der Waals surface area contributed by atoms with Gasteiger partial charge in [-0.25, -0.2) is 13.1 Å². The van der Waals surface area contributed by atoms with Crippen molar-refractivity contribution in [2.45, 2.75) is 30.5 Å². The molecule has 1 aromatic rings. The van der Waals surface area contributed by atoms with Crippen molar-refractivity contribution in [1.29, 1.82) is 0 Å². The van der Waals surface area contributed by atoms with Crippen LogP contribution in [-0.2, 0) is 10.0 Å². The topological polar surface area (TPSA) is 72.2 Å². The minimum absolute atomic E-state index is 0.228. The van der Waals surface area contributed by atoms with Crippen LogP contribution in [0.1, 0.15) is 18.7 Å². The summed E-state index contributed by atoms with van der Waals surface area (Å²) >= 11 is 1.25. The Morgan fingerprint density at radius 3 is 2.47 bits per heavy atom. The van der Waals surface area contributed by atoms with Gasteiger partial charge in [-0.2, -0.15) is 0 Å². The van der Waals surface area contributed by atoms with E-state index in [0.29, 0.717) is 4.21 Å². The number of sulfonamides is 1. The summed E-state index contributed by atoms with van der Waals surface area (Å²) in [6.45, 7) is 5.65. The van der Waals surface area contributed by atoms with Gasteiger partial charge in [-0.1, -0.05) is 0 Å². The normalized spacial score (nSPS) is 13.1. The Hall–Kier alpha value is -0.430. The molecule has 6 heteroatoms. The van der Waals surface area contributed by atoms with Crippen LogP contribution < -0.4 is 10.5 Å². The Morgan fingerprint density at radius 2 is 2.07 bits per heavy atom. The summed E-state index contributed by atoms with van der Waals surface area (Å²) in [5, 5.41) is 0. The molecule has 0 atom stereocenters. The van der Waals surface area contributed by atoms with Crippen molar-refractivity contribution >= 4 is 21.4 Å². The van der Waals surface area contributed by atoms with Crippen LogP contribution in [0.3, 0.4) is 0 Å². The third-order valence-electron chi connectivity index (χ3n) is 1.70. The molecule has 1 rings (SSSR count). The predicted molar refractivity (Wildman–Crippen MR) is 62.5 cm³/mol. The molecule has 0 aromatic carbocycles. The second-order valence-electron chi connectivity index (χ2n) is 4.18. The molecule has 0 fully saturated rings. The largest absolute Gasteiger partial charge is 0.324 e. The van der Waals surface area contributed by atoms with Crippen LogP contribution in [0.4, 0.5) is 0 Å². The molecule has 0 aliphatic rings. The Morgan fingerprint density at radius 1 is 1.47 bits per heavy atom. The molecule has 0 aliphatic carbocycles. The Bertz CT molecular complexity index is 429. The average molecular weight is 248 g/mol. The van der Waals surface area contributed by atoms with Crippen LogP contribution in [0.25, 0.3) is 0 Å². The lowest BCUT2D eigenvalue weighted by atomic mass is 10.1. The molecule has 0 radical (unpaired) electrons. The fraction of sp³-hybridized carbons (Fsp3) is 0.556. The van der Waals surface area contributed by atoms with Gasteiger partial charge < -0.3 is 5.73 Å². The maximum absolute atomic E-state index is 11.7. The summed E-state index contributed by atoms with van der Waals surface area (Å²) < 4.78 is 26.3. The molecule has 3 N–H and O–H groups in total. The molecule has 0 saturated carbocycles. The maximum atomic E-state index is 11.7. The molecule has 0 bridgehead atoms. The molecule has 0 amide bonds. The minimum atomic E-state index is -3.38. The molecule has 0 saturated heterocycles. The zero-order valence-electron chi connectivity index (χ0n) is 9.07. The van der Waals surface area contributed by atoms with E-state index in [1.54, 1.807) is 26.0 Å². The first-order valence-corrected chi connectivity index (χ1v) is 6.86. The number of hydrogen-bond acceptors (Lipinski definition) is 4. The Kier molecular flexibility index (Phi) is 3.55. The third kappa shape index (κ3) is 3.90. The Balaban J connectivity index is 2.77. The maximum Gasteiger partial charge on any atom is 0.250 e. The number of nitrogens with one attached hydrogen (secondary N) is 1. The van der Waals surface area contributed by atoms with Gasteiger partial charge in [0.25, 0.3) is 0 Å². The van der Waals surface area contributed by atoms with Gasteiger partial charge in [-0.3, -0.25) is 0 Å². The standard InChI is InChI=1S/C9H16N2O2S2/c1-7-4-5-8(14-7)15(12,13)11-6-9(2,3)10/h4-5,11H,6,10H2,1-3H3. The highest BCUT2D eigenvalue weighted by Crippen LogP contribution is 2.20. The molecule has 0 aliphatic heterocycles. The third-order valence-corrected chi connectivity index (χ3v) is 4.59. The quantitative estimate of drug-likeness (QED) is 0.837. The van der Waals surface area contributed by atoms with Gasteiger partial charge in [0.2, 0.25) is 10.0 Å². The van der Waals surface area contributed by atoms with Crippen molar-refractivity contribution in [2.24, 2.45) is 5.73 Å². The van der Waals surface area contributed by atoms with Crippen LogP contribution in [0.2, 0.25) is 0 Å². The van der Waals surface area contributed by atoms with Gasteiger partial charge in [-0.05, 0) is 32.9 Å². The van der Waals surface area contributed by atoms with Crippen molar-refractivity contribution in [3.8, 4) is 0 Å². The second-order valence-corrected chi connectivity index (χ2v) is 7.46. The van der Waals surface area contributed by atoms with E-state index in [-0.39, 0.29) is 6.54 Å². The average Bonchev–Trinajstić information content (AvgIpc) is 2.48. The smallest absolute Gasteiger partial charge is 0.250 e. The van der Waals surface area contributed by atoms with Crippen molar-refractivity contribution < 1.29 is 8.42 Å². The molecule has 0 spiro atoms. The van der Waals surface area contributed by atoms with E-state index in [9.17, 15) is 8.42 Å². The summed E-state index contributed by atoms with van der Waals surface area (Å²) in [6, 6.07) is 3.39. The predicted octanol–water partition coefficient (Wildman–Crippen LogP) is 1.07. The SMILES string of the molecule is Cc1ccc(S(=O)(=O)NCC(C)(C)N)s1. The van der Waals surface area contributed by atoms with Gasteiger partial charge in [0.15, 0.2) is 0 Å². The van der Waals surface area contributed by atoms with E-state index in [4.69, 9.17) is 5.73 Å². The van der Waals surface area contributed by atoms with E-state index < -0.39 is 15.6 Å². The van der Waals surface area contributed by atoms with Crippen LogP contribution in [0.15, 0.2) is 16.3 Å². The lowest BCUT2D eigenvalue weighted by molar-refractivity contribution is 0.498. The lowest BCUT2D eigenvalue weighted by Crippen LogP contribution is -2.44. The number of hydrogen-bond donors (Lipinski definition) is 2. The highest BCUT2D eigenvalue weighted by Gasteiger charge is 2.19. The molecule has 86 valence electrons. The molecule has 0 unspecified atom stereocenters. The van der Waals surface area contributed by atoms with Gasteiger partial charge in [-0.15, -0.1) is 11.3 Å². The highest BCUT2D eigenvalue weighted by atomic mass is 32.2. The van der Waals surface area contributed by atoms with E-state index in [2.05, 4.69) is 4.72 Å². The summed E-state index contributed by atoms with van der Waals surface area (Å²) in [6.07, 6.45) is 0. The Labute approximate surface area is 94.5 Å². The first-order chi connectivity index (χ1) is 6.71. The van der Waals surface area contributed by atoms with E-state index in [1.807, 2.05) is 6.92 Å². The van der Waals surface area contributed by atoms with Gasteiger partial charge >= 0.3 is 0 Å². The van der Waals surface area contributed by atoms with Crippen molar-refractivity contribution in [3.05, 3.63) is 17.0 Å². The van der Waals surface area contributed by atoms with E-state index in [0.717, 1.165) is 4.88 Å². The van der Waals surface area contributed by atoms with Gasteiger partial charge in [0.05, 0.1) is 0 Å². The summed E-state index contributed by atoms with van der Waals surface area (Å²) in [4.78, 5) is 0.974. The fourth-order valence-corrected chi connectivity index (χ4v) is 3.46. The molecule has 15 heavy (non-hydrogen) atoms. The zero-order chi connectivity index (χ0) is 11.7. The second kappa shape index (κ2) is 4.21. The van der Waals surface area contributed by atoms with Crippen molar-refractivity contribution in [2.75, 3.05) is 6.54 Å². The fourth-order valence-electron chi connectivity index (χ4n) is 0.909. The first kappa shape index (κ1) is 12.6. The van der Waals surface area contributed by atoms with Crippen LogP contribution in [-0.4, -0.2) is 20.5 Å². The molecule has 1 aromatic heterocycles. The molecule has 1 heterocycles. The van der Waals surface area contributed by atoms with E-state index in [1.165, 1.54) is 11.3 Å². The van der Waals surface area contributed by atoms with Crippen LogP contribution in [0, 0.1) is 6.92 Å². The highest BCUT2D eigenvalue weighted by molar-refractivity contribution is 7.91. The van der Waals surface area contributed by atoms with Gasteiger partial charge in [0.1, 0.15) is 4.21 Å². The number of rotatable bonds is 4. The first-order valence-electron chi connectivity index (χ1n) is 4.56. The molecule has 4 nitrogen and oxygen atoms in total. The van der Waals surface area contributed by atoms with Crippen molar-refractivity contribution in [1.82, 2.24) is 4.72 Å². The number of aryl methyl sites for hydroxylation is 1. The minimum Gasteiger partial charge on any atom is -0.324 e. The summed E-state index contributed by atoms with van der Waals surface area (Å²) in [5.41, 5.74) is 5.16. The summed E-state index contributed by atoms with van der Waals surface area (Å²) in [5.74, 6) is 0. The summed E-state index contributed by atoms with van der Waals surface area (Å²) in [7, 11) is -3.38. The molecular formula is C9H16N2O2S2. The number of nitrogens with two attached hydrogens (primary N) is 1. The van der Waals surface area contributed by atoms with Crippen molar-refractivity contribution in [3.63, 3.8) is 0 Å². The number of thiophene rings is 1. The van der Waals surface area contributed by atoms with E-state index >= 15 is 0 Å². The van der Waals surface area contributed by atoms with Gasteiger partial charge in [0, 0.05) is 17.0 Å². The molecular weight excluding hydrogens is 232 g/mol. The zero-order valence-corrected chi connectivity index (χ0v) is 10.7. The van der Waals surface area contributed by atoms with Crippen LogP contribution >= 0.6 is 11.3 Å². The lowest BCUT2D eigenvalue weighted by Gasteiger charge is -2.18.